The maximum Gasteiger partial charge on any atom is 0.257 e. The highest BCUT2D eigenvalue weighted by atomic mass is 32.2. The van der Waals surface area contributed by atoms with Crippen LogP contribution in [0.3, 0.4) is 0 Å². The molecule has 2 aromatic carbocycles. The summed E-state index contributed by atoms with van der Waals surface area (Å²) in [5.74, 6) is 1.01. The molecule has 1 aromatic heterocycles. The van der Waals surface area contributed by atoms with Gasteiger partial charge in [0.05, 0.1) is 17.7 Å². The fourth-order valence-corrected chi connectivity index (χ4v) is 6.59. The van der Waals surface area contributed by atoms with Crippen LogP contribution in [0.15, 0.2) is 58.8 Å². The number of hydrogen-bond acceptors (Lipinski definition) is 6. The van der Waals surface area contributed by atoms with Crippen LogP contribution in [0, 0.1) is 11.8 Å². The molecule has 1 N–H and O–H groups in total. The van der Waals surface area contributed by atoms with E-state index in [2.05, 4.69) is 24.1 Å². The van der Waals surface area contributed by atoms with Gasteiger partial charge in [-0.05, 0) is 54.7 Å². The molecule has 2 atom stereocenters. The number of ether oxygens (including phenoxy) is 1. The molecular formula is C24H27N3O4S2. The van der Waals surface area contributed by atoms with Gasteiger partial charge in [0.1, 0.15) is 5.75 Å². The monoisotopic (exact) mass is 485 g/mol. The number of carbonyl (C=O) groups is 1. The fraction of sp³-hybridized carbons (Fsp3) is 0.333. The van der Waals surface area contributed by atoms with Gasteiger partial charge in [-0.3, -0.25) is 10.1 Å². The van der Waals surface area contributed by atoms with Gasteiger partial charge in [0.25, 0.3) is 5.91 Å². The van der Waals surface area contributed by atoms with E-state index in [9.17, 15) is 13.2 Å². The van der Waals surface area contributed by atoms with Gasteiger partial charge in [-0.25, -0.2) is 13.4 Å². The van der Waals surface area contributed by atoms with Crippen LogP contribution in [0.1, 0.15) is 30.6 Å². The zero-order valence-electron chi connectivity index (χ0n) is 18.8. The lowest BCUT2D eigenvalue weighted by Crippen LogP contribution is -2.42. The zero-order chi connectivity index (χ0) is 23.6. The number of rotatable bonds is 6. The van der Waals surface area contributed by atoms with Crippen molar-refractivity contribution in [3.05, 3.63) is 59.5 Å². The lowest BCUT2D eigenvalue weighted by molar-refractivity contribution is 0.102. The molecule has 1 aliphatic rings. The quantitative estimate of drug-likeness (QED) is 0.545. The molecule has 2 heterocycles. The first-order valence-corrected chi connectivity index (χ1v) is 13.1. The van der Waals surface area contributed by atoms with Gasteiger partial charge in [-0.2, -0.15) is 4.31 Å². The van der Waals surface area contributed by atoms with Crippen LogP contribution in [0.4, 0.5) is 5.13 Å². The molecule has 0 bridgehead atoms. The number of aromatic nitrogens is 1. The van der Waals surface area contributed by atoms with Crippen molar-refractivity contribution < 1.29 is 17.9 Å². The first kappa shape index (κ1) is 23.4. The van der Waals surface area contributed by atoms with Gasteiger partial charge in [0.15, 0.2) is 5.13 Å². The van der Waals surface area contributed by atoms with Crippen LogP contribution < -0.4 is 10.1 Å². The molecule has 33 heavy (non-hydrogen) atoms. The minimum absolute atomic E-state index is 0.202. The molecule has 174 valence electrons. The summed E-state index contributed by atoms with van der Waals surface area (Å²) >= 11 is 1.31. The van der Waals surface area contributed by atoms with Crippen molar-refractivity contribution in [2.24, 2.45) is 11.8 Å². The molecule has 1 saturated heterocycles. The van der Waals surface area contributed by atoms with Crippen LogP contribution in [0.5, 0.6) is 5.75 Å². The number of piperidine rings is 1. The predicted octanol–water partition coefficient (Wildman–Crippen LogP) is 4.74. The largest absolute Gasteiger partial charge is 0.496 e. The molecule has 0 saturated carbocycles. The topological polar surface area (TPSA) is 88.6 Å². The summed E-state index contributed by atoms with van der Waals surface area (Å²) < 4.78 is 33.0. The average Bonchev–Trinajstić information content (AvgIpc) is 3.26. The number of amides is 1. The normalized spacial score (nSPS) is 19.2. The van der Waals surface area contributed by atoms with Crippen LogP contribution in [0.25, 0.3) is 11.3 Å². The Labute approximate surface area is 198 Å². The third-order valence-corrected chi connectivity index (χ3v) is 8.30. The molecule has 7 nitrogen and oxygen atoms in total. The number of methoxy groups -OCH3 is 1. The molecule has 1 aliphatic heterocycles. The molecular weight excluding hydrogens is 458 g/mol. The summed E-state index contributed by atoms with van der Waals surface area (Å²) in [5, 5.41) is 5.09. The SMILES string of the molecule is COc1ccccc1-c1csc(NC(=O)c2ccc(S(=O)(=O)N3C[C@@H](C)C[C@H](C)C3)cc2)n1. The Morgan fingerprint density at radius 1 is 1.09 bits per heavy atom. The first-order valence-electron chi connectivity index (χ1n) is 10.8. The summed E-state index contributed by atoms with van der Waals surface area (Å²) in [4.78, 5) is 17.4. The summed E-state index contributed by atoms with van der Waals surface area (Å²) in [7, 11) is -1.98. The van der Waals surface area contributed by atoms with Crippen LogP contribution in [0.2, 0.25) is 0 Å². The maximum absolute atomic E-state index is 13.0. The van der Waals surface area contributed by atoms with Gasteiger partial charge < -0.3 is 4.74 Å². The highest BCUT2D eigenvalue weighted by Crippen LogP contribution is 2.32. The third-order valence-electron chi connectivity index (χ3n) is 5.70. The molecule has 3 aromatic rings. The van der Waals surface area contributed by atoms with Gasteiger partial charge in [-0.15, -0.1) is 11.3 Å². The van der Waals surface area contributed by atoms with Crippen molar-refractivity contribution >= 4 is 32.4 Å². The number of hydrogen-bond donors (Lipinski definition) is 1. The van der Waals surface area contributed by atoms with Crippen molar-refractivity contribution in [3.8, 4) is 17.0 Å². The highest BCUT2D eigenvalue weighted by molar-refractivity contribution is 7.89. The first-order chi connectivity index (χ1) is 15.8. The van der Waals surface area contributed by atoms with E-state index in [-0.39, 0.29) is 10.8 Å². The Kier molecular flexibility index (Phi) is 6.83. The zero-order valence-corrected chi connectivity index (χ0v) is 20.4. The number of sulfonamides is 1. The smallest absolute Gasteiger partial charge is 0.257 e. The summed E-state index contributed by atoms with van der Waals surface area (Å²) in [6, 6.07) is 13.6. The lowest BCUT2D eigenvalue weighted by Gasteiger charge is -2.34. The molecule has 0 unspecified atom stereocenters. The maximum atomic E-state index is 13.0. The van der Waals surface area contributed by atoms with Crippen molar-refractivity contribution in [1.82, 2.24) is 9.29 Å². The minimum atomic E-state index is -3.58. The highest BCUT2D eigenvalue weighted by Gasteiger charge is 2.31. The number of carbonyl (C=O) groups excluding carboxylic acids is 1. The van der Waals surface area contributed by atoms with E-state index >= 15 is 0 Å². The minimum Gasteiger partial charge on any atom is -0.496 e. The molecule has 0 radical (unpaired) electrons. The molecule has 9 heteroatoms. The standard InChI is InChI=1S/C24H27N3O4S2/c1-16-12-17(2)14-27(13-16)33(29,30)19-10-8-18(9-11-19)23(28)26-24-25-21(15-32-24)20-6-4-5-7-22(20)31-3/h4-11,15-17H,12-14H2,1-3H3,(H,25,26,28)/t16-,17-/m0/s1. The van der Waals surface area contributed by atoms with Gasteiger partial charge >= 0.3 is 0 Å². The summed E-state index contributed by atoms with van der Waals surface area (Å²) in [5.41, 5.74) is 1.91. The number of nitrogens with one attached hydrogen (secondary N) is 1. The molecule has 1 amide bonds. The van der Waals surface area contributed by atoms with E-state index in [0.717, 1.165) is 12.0 Å². The number of benzene rings is 2. The average molecular weight is 486 g/mol. The second-order valence-electron chi connectivity index (χ2n) is 8.48. The van der Waals surface area contributed by atoms with E-state index in [1.54, 1.807) is 11.4 Å². The van der Waals surface area contributed by atoms with E-state index in [1.807, 2.05) is 29.6 Å². The van der Waals surface area contributed by atoms with Crippen molar-refractivity contribution in [3.63, 3.8) is 0 Å². The molecule has 1 fully saturated rings. The summed E-state index contributed by atoms with van der Waals surface area (Å²) in [6.07, 6.45) is 1.03. The second-order valence-corrected chi connectivity index (χ2v) is 11.3. The van der Waals surface area contributed by atoms with Crippen molar-refractivity contribution in [1.29, 1.82) is 0 Å². The van der Waals surface area contributed by atoms with E-state index in [4.69, 9.17) is 4.74 Å². The van der Waals surface area contributed by atoms with Gasteiger partial charge in [-0.1, -0.05) is 26.0 Å². The third kappa shape index (κ3) is 5.10. The predicted molar refractivity (Wildman–Crippen MR) is 130 cm³/mol. The number of anilines is 1. The number of para-hydroxylation sites is 1. The van der Waals surface area contributed by atoms with E-state index in [0.29, 0.717) is 47.1 Å². The Balaban J connectivity index is 1.47. The van der Waals surface area contributed by atoms with E-state index in [1.165, 1.54) is 35.6 Å². The van der Waals surface area contributed by atoms with Gasteiger partial charge in [0.2, 0.25) is 10.0 Å². The number of nitrogens with zero attached hydrogens (tertiary/aromatic N) is 2. The lowest BCUT2D eigenvalue weighted by atomic mass is 9.94. The Bertz CT molecular complexity index is 1230. The van der Waals surface area contributed by atoms with Crippen molar-refractivity contribution in [2.75, 3.05) is 25.5 Å². The summed E-state index contributed by atoms with van der Waals surface area (Å²) in [6.45, 7) is 5.19. The molecule has 0 aliphatic carbocycles. The Morgan fingerprint density at radius 3 is 2.42 bits per heavy atom. The Morgan fingerprint density at radius 2 is 1.76 bits per heavy atom. The van der Waals surface area contributed by atoms with Crippen LogP contribution in [-0.2, 0) is 10.0 Å². The molecule has 4 rings (SSSR count). The van der Waals surface area contributed by atoms with Crippen molar-refractivity contribution in [2.45, 2.75) is 25.2 Å². The van der Waals surface area contributed by atoms with Crippen LogP contribution >= 0.6 is 11.3 Å². The van der Waals surface area contributed by atoms with Crippen LogP contribution in [-0.4, -0.2) is 43.8 Å². The number of thiazole rings is 1. The Hall–Kier alpha value is -2.75. The van der Waals surface area contributed by atoms with Gasteiger partial charge in [0, 0.05) is 29.6 Å². The fourth-order valence-electron chi connectivity index (χ4n) is 4.21. The second kappa shape index (κ2) is 9.62. The molecule has 0 spiro atoms. The van der Waals surface area contributed by atoms with E-state index < -0.39 is 10.0 Å².